The second kappa shape index (κ2) is 4.29. The molecule has 2 aromatic heterocycles. The van der Waals surface area contributed by atoms with Gasteiger partial charge < -0.3 is 5.73 Å². The molecule has 6 heteroatoms. The first kappa shape index (κ1) is 12.3. The van der Waals surface area contributed by atoms with E-state index in [9.17, 15) is 13.2 Å². The van der Waals surface area contributed by atoms with E-state index in [0.29, 0.717) is 11.3 Å². The molecule has 2 N–H and O–H groups in total. The Morgan fingerprint density at radius 2 is 1.94 bits per heavy atom. The highest BCUT2D eigenvalue weighted by molar-refractivity contribution is 5.61. The quantitative estimate of drug-likeness (QED) is 0.849. The van der Waals surface area contributed by atoms with Crippen LogP contribution >= 0.6 is 0 Å². The first-order chi connectivity index (χ1) is 8.38. The molecule has 0 aliphatic heterocycles. The Labute approximate surface area is 101 Å². The third-order valence-electron chi connectivity index (χ3n) is 2.46. The molecule has 3 nitrogen and oxygen atoms in total. The maximum absolute atomic E-state index is 12.7. The summed E-state index contributed by atoms with van der Waals surface area (Å²) in [7, 11) is 0. The van der Waals surface area contributed by atoms with Crippen molar-refractivity contribution in [2.45, 2.75) is 13.1 Å². The highest BCUT2D eigenvalue weighted by Gasteiger charge is 2.33. The molecular formula is C12H10F3N3. The van der Waals surface area contributed by atoms with Gasteiger partial charge in [-0.2, -0.15) is 13.2 Å². The lowest BCUT2D eigenvalue weighted by Gasteiger charge is -2.11. The van der Waals surface area contributed by atoms with Gasteiger partial charge in [-0.05, 0) is 25.1 Å². The van der Waals surface area contributed by atoms with Gasteiger partial charge in [0.2, 0.25) is 0 Å². The Hall–Kier alpha value is -2.11. The lowest BCUT2D eigenvalue weighted by atomic mass is 10.1. The molecule has 0 amide bonds. The maximum atomic E-state index is 12.7. The number of rotatable bonds is 1. The van der Waals surface area contributed by atoms with Crippen molar-refractivity contribution in [2.75, 3.05) is 5.73 Å². The Balaban J connectivity index is 2.54. The second-order valence-corrected chi connectivity index (χ2v) is 3.80. The highest BCUT2D eigenvalue weighted by atomic mass is 19.4. The second-order valence-electron chi connectivity index (χ2n) is 3.80. The lowest BCUT2D eigenvalue weighted by Crippen LogP contribution is -2.09. The average molecular weight is 253 g/mol. The minimum atomic E-state index is -4.42. The van der Waals surface area contributed by atoms with Crippen molar-refractivity contribution in [1.82, 2.24) is 9.97 Å². The first-order valence-electron chi connectivity index (χ1n) is 5.14. The Kier molecular flexibility index (Phi) is 2.94. The van der Waals surface area contributed by atoms with Crippen LogP contribution < -0.4 is 5.73 Å². The fourth-order valence-corrected chi connectivity index (χ4v) is 1.57. The number of nitrogens with zero attached hydrogens (tertiary/aromatic N) is 2. The van der Waals surface area contributed by atoms with Crippen LogP contribution in [0, 0.1) is 6.92 Å². The van der Waals surface area contributed by atoms with Gasteiger partial charge in [0.05, 0.1) is 11.3 Å². The van der Waals surface area contributed by atoms with E-state index in [-0.39, 0.29) is 11.5 Å². The van der Waals surface area contributed by atoms with Crippen LogP contribution in [0.3, 0.4) is 0 Å². The number of nitrogens with two attached hydrogens (primary N) is 1. The van der Waals surface area contributed by atoms with Crippen LogP contribution in [0.25, 0.3) is 11.3 Å². The van der Waals surface area contributed by atoms with Crippen molar-refractivity contribution in [3.8, 4) is 11.3 Å². The minimum Gasteiger partial charge on any atom is -0.384 e. The molecule has 2 aromatic rings. The number of pyridine rings is 2. The van der Waals surface area contributed by atoms with Gasteiger partial charge in [0.15, 0.2) is 0 Å². The molecule has 0 atom stereocenters. The lowest BCUT2D eigenvalue weighted by molar-refractivity contribution is -0.138. The summed E-state index contributed by atoms with van der Waals surface area (Å²) in [4.78, 5) is 7.72. The van der Waals surface area contributed by atoms with Crippen molar-refractivity contribution in [2.24, 2.45) is 0 Å². The summed E-state index contributed by atoms with van der Waals surface area (Å²) in [5, 5.41) is 0. The summed E-state index contributed by atoms with van der Waals surface area (Å²) < 4.78 is 38.2. The number of aromatic nitrogens is 2. The van der Waals surface area contributed by atoms with Gasteiger partial charge in [-0.3, -0.25) is 4.98 Å². The van der Waals surface area contributed by atoms with E-state index in [1.807, 2.05) is 0 Å². The molecule has 0 radical (unpaired) electrons. The average Bonchev–Trinajstić information content (AvgIpc) is 2.28. The van der Waals surface area contributed by atoms with Gasteiger partial charge >= 0.3 is 6.18 Å². The van der Waals surface area contributed by atoms with Crippen molar-refractivity contribution < 1.29 is 13.2 Å². The predicted molar refractivity (Wildman–Crippen MR) is 61.6 cm³/mol. The summed E-state index contributed by atoms with van der Waals surface area (Å²) in [5.41, 5.74) is 5.34. The van der Waals surface area contributed by atoms with Crippen LogP contribution in [0.1, 0.15) is 11.3 Å². The fourth-order valence-electron chi connectivity index (χ4n) is 1.57. The van der Waals surface area contributed by atoms with Gasteiger partial charge in [0.25, 0.3) is 0 Å². The van der Waals surface area contributed by atoms with Gasteiger partial charge in [-0.25, -0.2) is 4.98 Å². The Bertz CT molecular complexity index is 579. The van der Waals surface area contributed by atoms with E-state index in [4.69, 9.17) is 5.73 Å². The smallest absolute Gasteiger partial charge is 0.384 e. The zero-order valence-corrected chi connectivity index (χ0v) is 9.49. The molecule has 0 unspecified atom stereocenters. The third-order valence-corrected chi connectivity index (χ3v) is 2.46. The van der Waals surface area contributed by atoms with Gasteiger partial charge in [0.1, 0.15) is 5.82 Å². The molecule has 2 heterocycles. The number of aryl methyl sites for hydroxylation is 1. The number of anilines is 1. The molecule has 0 aliphatic rings. The zero-order valence-electron chi connectivity index (χ0n) is 9.49. The SMILES string of the molecule is Cc1ncc(-c2cccc(N)n2)cc1C(F)(F)F. The number of halogens is 3. The summed E-state index contributed by atoms with van der Waals surface area (Å²) in [5.74, 6) is 0.252. The fraction of sp³-hybridized carbons (Fsp3) is 0.167. The Morgan fingerprint density at radius 1 is 1.22 bits per heavy atom. The summed E-state index contributed by atoms with van der Waals surface area (Å²) >= 11 is 0. The van der Waals surface area contributed by atoms with E-state index in [0.717, 1.165) is 6.07 Å². The molecule has 0 fully saturated rings. The van der Waals surface area contributed by atoms with E-state index in [1.165, 1.54) is 13.1 Å². The molecular weight excluding hydrogens is 243 g/mol. The summed E-state index contributed by atoms with van der Waals surface area (Å²) in [6, 6.07) is 5.81. The molecule has 0 spiro atoms. The van der Waals surface area contributed by atoms with Crippen molar-refractivity contribution >= 4 is 5.82 Å². The topological polar surface area (TPSA) is 51.8 Å². The van der Waals surface area contributed by atoms with Crippen LogP contribution in [0.4, 0.5) is 19.0 Å². The van der Waals surface area contributed by atoms with E-state index in [2.05, 4.69) is 9.97 Å². The van der Waals surface area contributed by atoms with Crippen LogP contribution in [0.15, 0.2) is 30.5 Å². The predicted octanol–water partition coefficient (Wildman–Crippen LogP) is 3.05. The summed E-state index contributed by atoms with van der Waals surface area (Å²) in [6.45, 7) is 1.32. The van der Waals surface area contributed by atoms with E-state index < -0.39 is 11.7 Å². The molecule has 2 rings (SSSR count). The maximum Gasteiger partial charge on any atom is 0.418 e. The molecule has 94 valence electrons. The molecule has 0 aliphatic carbocycles. The molecule has 0 aromatic carbocycles. The van der Waals surface area contributed by atoms with Crippen LogP contribution in [0.5, 0.6) is 0 Å². The van der Waals surface area contributed by atoms with Crippen molar-refractivity contribution in [3.63, 3.8) is 0 Å². The number of nitrogen functional groups attached to an aromatic ring is 1. The number of hydrogen-bond donors (Lipinski definition) is 1. The van der Waals surface area contributed by atoms with E-state index in [1.54, 1.807) is 18.2 Å². The first-order valence-corrected chi connectivity index (χ1v) is 5.14. The van der Waals surface area contributed by atoms with Crippen LogP contribution in [-0.4, -0.2) is 9.97 Å². The van der Waals surface area contributed by atoms with Crippen molar-refractivity contribution in [3.05, 3.63) is 41.7 Å². The molecule has 0 saturated heterocycles. The van der Waals surface area contributed by atoms with Gasteiger partial charge in [-0.1, -0.05) is 6.07 Å². The number of alkyl halides is 3. The highest BCUT2D eigenvalue weighted by Crippen LogP contribution is 2.33. The Morgan fingerprint density at radius 3 is 2.56 bits per heavy atom. The van der Waals surface area contributed by atoms with Crippen LogP contribution in [0.2, 0.25) is 0 Å². The van der Waals surface area contributed by atoms with Gasteiger partial charge in [0, 0.05) is 17.5 Å². The largest absolute Gasteiger partial charge is 0.418 e. The minimum absolute atomic E-state index is 0.0600. The standard InChI is InChI=1S/C12H10F3N3/c1-7-9(12(13,14)15)5-8(6-17-7)10-3-2-4-11(16)18-10/h2-6H,1H3,(H2,16,18). The molecule has 0 saturated carbocycles. The van der Waals surface area contributed by atoms with E-state index >= 15 is 0 Å². The monoisotopic (exact) mass is 253 g/mol. The normalized spacial score (nSPS) is 11.6. The zero-order chi connectivity index (χ0) is 13.3. The van der Waals surface area contributed by atoms with Crippen molar-refractivity contribution in [1.29, 1.82) is 0 Å². The summed E-state index contributed by atoms with van der Waals surface area (Å²) in [6.07, 6.45) is -3.07. The molecule has 0 bridgehead atoms. The van der Waals surface area contributed by atoms with Gasteiger partial charge in [-0.15, -0.1) is 0 Å². The van der Waals surface area contributed by atoms with Crippen LogP contribution in [-0.2, 0) is 6.18 Å². The molecule has 18 heavy (non-hydrogen) atoms. The number of hydrogen-bond acceptors (Lipinski definition) is 3. The third kappa shape index (κ3) is 2.42.